The van der Waals surface area contributed by atoms with Gasteiger partial charge in [-0.15, -0.1) is 0 Å². The van der Waals surface area contributed by atoms with Gasteiger partial charge in [0.1, 0.15) is 5.82 Å². The second-order valence-electron chi connectivity index (χ2n) is 14.7. The molecule has 6 atom stereocenters. The first-order valence-electron chi connectivity index (χ1n) is 17.9. The van der Waals surface area contributed by atoms with Crippen molar-refractivity contribution in [3.8, 4) is 11.5 Å². The van der Waals surface area contributed by atoms with Crippen molar-refractivity contribution < 1.29 is 59.8 Å². The third-order valence-electron chi connectivity index (χ3n) is 11.7. The maximum absolute atomic E-state index is 15.3. The normalized spacial score (nSPS) is 25.5. The molecular formula is C41H28BrClF7N3O6. The Morgan fingerprint density at radius 3 is 2.07 bits per heavy atom. The molecule has 18 heteroatoms. The number of hydrogen-bond acceptors (Lipinski definition) is 7. The first kappa shape index (κ1) is 40.4. The van der Waals surface area contributed by atoms with Crippen LogP contribution in [0.4, 0.5) is 42.1 Å². The second-order valence-corrected chi connectivity index (χ2v) is 16.0. The number of phenols is 1. The Bertz CT molecular complexity index is 2450. The Balaban J connectivity index is 1.34. The molecule has 59 heavy (non-hydrogen) atoms. The van der Waals surface area contributed by atoms with E-state index in [0.717, 1.165) is 17.1 Å². The number of nitrogens with one attached hydrogen (secondary N) is 1. The zero-order chi connectivity index (χ0) is 42.5. The van der Waals surface area contributed by atoms with Crippen molar-refractivity contribution >= 4 is 62.5 Å². The summed E-state index contributed by atoms with van der Waals surface area (Å²) in [5.41, 5.74) is -2.79. The van der Waals surface area contributed by atoms with Crippen molar-refractivity contribution in [2.24, 2.45) is 23.7 Å². The number of fused-ring (bicyclic) bond motifs is 4. The van der Waals surface area contributed by atoms with Gasteiger partial charge < -0.3 is 9.84 Å². The molecule has 4 aromatic carbocycles. The number of methoxy groups -OCH3 is 1. The highest BCUT2D eigenvalue weighted by Gasteiger charge is 2.71. The van der Waals surface area contributed by atoms with Gasteiger partial charge in [0.2, 0.25) is 11.8 Å². The van der Waals surface area contributed by atoms with Crippen LogP contribution >= 0.6 is 27.5 Å². The number of rotatable bonds is 6. The van der Waals surface area contributed by atoms with Crippen molar-refractivity contribution in [3.05, 3.63) is 128 Å². The number of hydrogen-bond donors (Lipinski definition) is 2. The number of carbonyl (C=O) groups excluding carboxylic acids is 4. The summed E-state index contributed by atoms with van der Waals surface area (Å²) in [6.07, 6.45) is -9.53. The highest BCUT2D eigenvalue weighted by Crippen LogP contribution is 2.65. The lowest BCUT2D eigenvalue weighted by Crippen LogP contribution is -2.53. The Morgan fingerprint density at radius 1 is 0.847 bits per heavy atom. The first-order valence-corrected chi connectivity index (χ1v) is 19.0. The zero-order valence-electron chi connectivity index (χ0n) is 30.2. The van der Waals surface area contributed by atoms with Gasteiger partial charge in [0.05, 0.1) is 52.8 Å². The molecule has 4 amide bonds. The summed E-state index contributed by atoms with van der Waals surface area (Å²) in [5.74, 6) is -11.4. The molecule has 0 spiro atoms. The van der Waals surface area contributed by atoms with Crippen LogP contribution in [-0.4, -0.2) is 40.9 Å². The molecule has 306 valence electrons. The molecule has 0 radical (unpaired) electrons. The van der Waals surface area contributed by atoms with E-state index in [9.17, 15) is 50.2 Å². The molecule has 2 aliphatic carbocycles. The molecule has 2 N–H and O–H groups in total. The van der Waals surface area contributed by atoms with Gasteiger partial charge in [-0.2, -0.15) is 31.4 Å². The molecule has 6 unspecified atom stereocenters. The van der Waals surface area contributed by atoms with E-state index in [1.165, 1.54) is 55.6 Å². The number of carbonyl (C=O) groups is 4. The maximum atomic E-state index is 15.3. The molecule has 0 bridgehead atoms. The fourth-order valence-electron chi connectivity index (χ4n) is 9.29. The van der Waals surface area contributed by atoms with Crippen molar-refractivity contribution in [2.75, 3.05) is 17.4 Å². The molecule has 2 aliphatic heterocycles. The van der Waals surface area contributed by atoms with Gasteiger partial charge in [-0.25, -0.2) is 9.29 Å². The van der Waals surface area contributed by atoms with Crippen molar-refractivity contribution in [3.63, 3.8) is 0 Å². The molecule has 9 nitrogen and oxygen atoms in total. The first-order chi connectivity index (χ1) is 27.8. The van der Waals surface area contributed by atoms with E-state index < -0.39 is 99.4 Å². The third kappa shape index (κ3) is 6.35. The number of imide groups is 2. The molecule has 4 aromatic rings. The topological polar surface area (TPSA) is 116 Å². The zero-order valence-corrected chi connectivity index (χ0v) is 32.5. The number of aromatic hydroxyl groups is 1. The Labute approximate surface area is 343 Å². The molecule has 2 saturated heterocycles. The summed E-state index contributed by atoms with van der Waals surface area (Å²) < 4.78 is 103. The van der Waals surface area contributed by atoms with Crippen molar-refractivity contribution in [2.45, 2.75) is 36.5 Å². The lowest BCUT2D eigenvalue weighted by molar-refractivity contribution is -0.143. The van der Waals surface area contributed by atoms with Crippen LogP contribution in [0.1, 0.15) is 41.0 Å². The second kappa shape index (κ2) is 14.1. The van der Waals surface area contributed by atoms with E-state index in [1.807, 2.05) is 0 Å². The van der Waals surface area contributed by atoms with Gasteiger partial charge >= 0.3 is 12.4 Å². The summed E-state index contributed by atoms with van der Waals surface area (Å²) in [6.45, 7) is 0. The van der Waals surface area contributed by atoms with Crippen LogP contribution in [0.15, 0.2) is 95.0 Å². The molecule has 8 rings (SSSR count). The van der Waals surface area contributed by atoms with E-state index in [-0.39, 0.29) is 46.5 Å². The van der Waals surface area contributed by atoms with Gasteiger partial charge in [-0.1, -0.05) is 51.3 Å². The van der Waals surface area contributed by atoms with Crippen LogP contribution in [0.2, 0.25) is 5.02 Å². The molecule has 4 aliphatic rings. The van der Waals surface area contributed by atoms with E-state index >= 15 is 4.79 Å². The third-order valence-corrected chi connectivity index (χ3v) is 12.4. The number of halogens is 9. The van der Waals surface area contributed by atoms with Crippen LogP contribution in [0.3, 0.4) is 0 Å². The SMILES string of the molecule is COc1cc(Br)cc(C2C3=CCC4C(=O)N(c5cc(C(F)(F)F)cc(C(F)(F)F)c5)C(=O)C4C3CC3C(=O)N(Nc4ccc(F)cc4)C(=O)C32c2ccc(Cl)cc2)c1O. The largest absolute Gasteiger partial charge is 0.504 e. The van der Waals surface area contributed by atoms with Crippen molar-refractivity contribution in [1.29, 1.82) is 0 Å². The van der Waals surface area contributed by atoms with Crippen LogP contribution < -0.4 is 15.1 Å². The number of amides is 4. The number of allylic oxidation sites excluding steroid dienone is 2. The van der Waals surface area contributed by atoms with E-state index in [4.69, 9.17) is 16.3 Å². The predicted octanol–water partition coefficient (Wildman–Crippen LogP) is 9.18. The number of nitrogens with zero attached hydrogens (tertiary/aromatic N) is 2. The molecule has 3 fully saturated rings. The Hall–Kier alpha value is -5.42. The lowest BCUT2D eigenvalue weighted by atomic mass is 9.49. The monoisotopic (exact) mass is 905 g/mol. The molecule has 0 aromatic heterocycles. The number of phenolic OH excluding ortho intramolecular Hbond substituents is 1. The van der Waals surface area contributed by atoms with Crippen LogP contribution in [0, 0.1) is 29.5 Å². The summed E-state index contributed by atoms with van der Waals surface area (Å²) in [7, 11) is 1.28. The number of hydrazine groups is 1. The Kier molecular flexibility index (Phi) is 9.65. The van der Waals surface area contributed by atoms with Gasteiger partial charge in [-0.3, -0.25) is 24.6 Å². The number of ether oxygens (including phenoxy) is 1. The Morgan fingerprint density at radius 2 is 1.47 bits per heavy atom. The summed E-state index contributed by atoms with van der Waals surface area (Å²) >= 11 is 9.72. The molecular weight excluding hydrogens is 879 g/mol. The minimum atomic E-state index is -5.28. The lowest BCUT2D eigenvalue weighted by Gasteiger charge is -2.50. The van der Waals surface area contributed by atoms with Gasteiger partial charge in [0.15, 0.2) is 11.5 Å². The van der Waals surface area contributed by atoms with Gasteiger partial charge in [-0.05, 0) is 91.1 Å². The van der Waals surface area contributed by atoms with Crippen LogP contribution in [0.5, 0.6) is 11.5 Å². The highest BCUT2D eigenvalue weighted by atomic mass is 79.9. The average Bonchev–Trinajstić information content (AvgIpc) is 3.56. The van der Waals surface area contributed by atoms with Crippen LogP contribution in [0.25, 0.3) is 0 Å². The fraction of sp³-hybridized carbons (Fsp3) is 0.268. The van der Waals surface area contributed by atoms with E-state index in [0.29, 0.717) is 27.1 Å². The van der Waals surface area contributed by atoms with Gasteiger partial charge in [0.25, 0.3) is 11.8 Å². The predicted molar refractivity (Wildman–Crippen MR) is 200 cm³/mol. The smallest absolute Gasteiger partial charge is 0.416 e. The average molecular weight is 907 g/mol. The number of benzene rings is 4. The standard InChI is InChI=1S/C41H28BrClF7N3O6/c1-59-31-16-21(42)15-29(34(31)54)33-26-10-11-27-32(37(57)52(35(27)55)25-13-19(40(45,46)47)12-20(14-25)41(48,49)50)28(26)17-30-36(56)53(51-24-8-6-23(44)7-9-24)38(58)39(30,33)18-2-4-22(43)5-3-18/h2-10,12-16,27-28,30,32-33,51,54H,11,17H2,1H3. The molecule has 2 heterocycles. The van der Waals surface area contributed by atoms with Crippen molar-refractivity contribution in [1.82, 2.24) is 5.01 Å². The summed E-state index contributed by atoms with van der Waals surface area (Å²) in [5, 5.41) is 12.9. The highest BCUT2D eigenvalue weighted by molar-refractivity contribution is 9.10. The van der Waals surface area contributed by atoms with Gasteiger partial charge in [0, 0.05) is 21.0 Å². The maximum Gasteiger partial charge on any atom is 0.416 e. The summed E-state index contributed by atoms with van der Waals surface area (Å²) in [6, 6.07) is 14.3. The minimum Gasteiger partial charge on any atom is -0.504 e. The number of alkyl halides is 6. The van der Waals surface area contributed by atoms with E-state index in [1.54, 1.807) is 6.08 Å². The quantitative estimate of drug-likeness (QED) is 0.113. The van der Waals surface area contributed by atoms with Crippen LogP contribution in [-0.2, 0) is 36.9 Å². The number of anilines is 2. The summed E-state index contributed by atoms with van der Waals surface area (Å²) in [4.78, 5) is 59.1. The fourth-order valence-corrected chi connectivity index (χ4v) is 9.87. The van der Waals surface area contributed by atoms with E-state index in [2.05, 4.69) is 21.4 Å². The minimum absolute atomic E-state index is 0.0463. The molecule has 1 saturated carbocycles.